The smallest absolute Gasteiger partial charge is 0.0713 e. The van der Waals surface area contributed by atoms with Crippen LogP contribution >= 0.6 is 0 Å². The highest BCUT2D eigenvalue weighted by molar-refractivity contribution is 4.94. The Morgan fingerprint density at radius 1 is 1.54 bits per heavy atom. The van der Waals surface area contributed by atoms with Gasteiger partial charge < -0.3 is 10.8 Å². The Kier molecular flexibility index (Phi) is 3.74. The molecule has 2 atom stereocenters. The topological polar surface area (TPSA) is 46.2 Å². The maximum absolute atomic E-state index is 10.5. The first kappa shape index (κ1) is 11.0. The Morgan fingerprint density at radius 3 is 2.46 bits per heavy atom. The first-order valence-corrected chi connectivity index (χ1v) is 5.57. The Balaban J connectivity index is 2.60. The van der Waals surface area contributed by atoms with Crippen molar-refractivity contribution in [3.8, 4) is 0 Å². The molecule has 2 heteroatoms. The highest BCUT2D eigenvalue weighted by Gasteiger charge is 2.42. The third-order valence-corrected chi connectivity index (χ3v) is 3.67. The summed E-state index contributed by atoms with van der Waals surface area (Å²) in [6.45, 7) is 4.81. The molecule has 0 spiro atoms. The largest absolute Gasteiger partial charge is 0.389 e. The molecule has 1 rings (SSSR count). The lowest BCUT2D eigenvalue weighted by atomic mass is 9.66. The highest BCUT2D eigenvalue weighted by Crippen LogP contribution is 2.42. The summed E-state index contributed by atoms with van der Waals surface area (Å²) < 4.78 is 0. The van der Waals surface area contributed by atoms with Gasteiger partial charge in [0.15, 0.2) is 0 Å². The Hall–Kier alpha value is -0.0800. The van der Waals surface area contributed by atoms with E-state index >= 15 is 0 Å². The fourth-order valence-electron chi connectivity index (χ4n) is 2.37. The third kappa shape index (κ3) is 2.05. The highest BCUT2D eigenvalue weighted by atomic mass is 16.3. The molecule has 0 radical (unpaired) electrons. The molecule has 2 nitrogen and oxygen atoms in total. The van der Waals surface area contributed by atoms with Gasteiger partial charge in [-0.05, 0) is 37.6 Å². The van der Waals surface area contributed by atoms with Gasteiger partial charge in [-0.2, -0.15) is 0 Å². The fraction of sp³-hybridized carbons (Fsp3) is 1.00. The number of aliphatic hydroxyl groups is 1. The summed E-state index contributed by atoms with van der Waals surface area (Å²) in [6, 6.07) is 0. The average Bonchev–Trinajstić information content (AvgIpc) is 2.00. The molecule has 78 valence electrons. The van der Waals surface area contributed by atoms with Crippen LogP contribution in [0.5, 0.6) is 0 Å². The van der Waals surface area contributed by atoms with Crippen molar-refractivity contribution >= 4 is 0 Å². The standard InChI is InChI=1S/C11H23NO/c1-3-7-11(13,9(2)8-12)10-5-4-6-10/h9-10,13H,3-8,12H2,1-2H3. The van der Waals surface area contributed by atoms with Gasteiger partial charge in [0.2, 0.25) is 0 Å². The van der Waals surface area contributed by atoms with E-state index in [1.54, 1.807) is 0 Å². The number of hydrogen-bond donors (Lipinski definition) is 2. The molecular formula is C11H23NO. The van der Waals surface area contributed by atoms with Crippen molar-refractivity contribution in [2.24, 2.45) is 17.6 Å². The molecule has 0 saturated heterocycles. The van der Waals surface area contributed by atoms with Crippen molar-refractivity contribution < 1.29 is 5.11 Å². The molecule has 1 fully saturated rings. The molecule has 1 aliphatic carbocycles. The average molecular weight is 185 g/mol. The normalized spacial score (nSPS) is 24.9. The summed E-state index contributed by atoms with van der Waals surface area (Å²) in [5.74, 6) is 0.767. The second-order valence-electron chi connectivity index (χ2n) is 4.51. The van der Waals surface area contributed by atoms with E-state index in [0.717, 1.165) is 12.8 Å². The summed E-state index contributed by atoms with van der Waals surface area (Å²) in [6.07, 6.45) is 5.64. The first-order valence-electron chi connectivity index (χ1n) is 5.57. The quantitative estimate of drug-likeness (QED) is 0.687. The van der Waals surface area contributed by atoms with Gasteiger partial charge in [-0.15, -0.1) is 0 Å². The number of rotatable bonds is 5. The van der Waals surface area contributed by atoms with Crippen LogP contribution in [-0.4, -0.2) is 17.3 Å². The van der Waals surface area contributed by atoms with Crippen LogP contribution in [0.15, 0.2) is 0 Å². The summed E-state index contributed by atoms with van der Waals surface area (Å²) >= 11 is 0. The molecule has 0 amide bonds. The van der Waals surface area contributed by atoms with Gasteiger partial charge in [-0.25, -0.2) is 0 Å². The van der Waals surface area contributed by atoms with E-state index in [9.17, 15) is 5.11 Å². The maximum Gasteiger partial charge on any atom is 0.0713 e. The van der Waals surface area contributed by atoms with Gasteiger partial charge in [0, 0.05) is 0 Å². The van der Waals surface area contributed by atoms with E-state index < -0.39 is 5.60 Å². The maximum atomic E-state index is 10.5. The number of hydrogen-bond acceptors (Lipinski definition) is 2. The van der Waals surface area contributed by atoms with Crippen molar-refractivity contribution in [1.29, 1.82) is 0 Å². The van der Waals surface area contributed by atoms with Gasteiger partial charge in [0.1, 0.15) is 0 Å². The monoisotopic (exact) mass is 185 g/mol. The molecule has 2 unspecified atom stereocenters. The van der Waals surface area contributed by atoms with Crippen LogP contribution in [-0.2, 0) is 0 Å². The summed E-state index contributed by atoms with van der Waals surface area (Å²) in [5, 5.41) is 10.5. The molecule has 0 aliphatic heterocycles. The van der Waals surface area contributed by atoms with E-state index in [1.165, 1.54) is 19.3 Å². The lowest BCUT2D eigenvalue weighted by Gasteiger charge is -2.45. The van der Waals surface area contributed by atoms with Crippen LogP contribution in [0.3, 0.4) is 0 Å². The van der Waals surface area contributed by atoms with Crippen molar-refractivity contribution in [3.05, 3.63) is 0 Å². The summed E-state index contributed by atoms with van der Waals surface area (Å²) in [7, 11) is 0. The minimum Gasteiger partial charge on any atom is -0.389 e. The summed E-state index contributed by atoms with van der Waals surface area (Å²) in [4.78, 5) is 0. The van der Waals surface area contributed by atoms with Crippen molar-refractivity contribution in [3.63, 3.8) is 0 Å². The number of nitrogens with two attached hydrogens (primary N) is 1. The third-order valence-electron chi connectivity index (χ3n) is 3.67. The lowest BCUT2D eigenvalue weighted by Crippen LogP contribution is -2.49. The zero-order chi connectivity index (χ0) is 9.90. The SMILES string of the molecule is CCCC(O)(C(C)CN)C1CCC1. The molecule has 13 heavy (non-hydrogen) atoms. The Bertz CT molecular complexity index is 149. The zero-order valence-corrected chi connectivity index (χ0v) is 8.92. The van der Waals surface area contributed by atoms with E-state index in [1.807, 2.05) is 0 Å². The van der Waals surface area contributed by atoms with E-state index in [0.29, 0.717) is 12.5 Å². The minimum absolute atomic E-state index is 0.248. The Labute approximate surface area is 81.5 Å². The predicted octanol–water partition coefficient (Wildman–Crippen LogP) is 1.91. The first-order chi connectivity index (χ1) is 6.15. The van der Waals surface area contributed by atoms with Gasteiger partial charge in [0.05, 0.1) is 5.60 Å². The molecule has 1 aliphatic rings. The van der Waals surface area contributed by atoms with Gasteiger partial charge in [0.25, 0.3) is 0 Å². The summed E-state index contributed by atoms with van der Waals surface area (Å²) in [5.41, 5.74) is 5.17. The van der Waals surface area contributed by atoms with Crippen LogP contribution in [0.4, 0.5) is 0 Å². The molecule has 1 saturated carbocycles. The van der Waals surface area contributed by atoms with E-state index in [4.69, 9.17) is 5.73 Å². The van der Waals surface area contributed by atoms with E-state index in [2.05, 4.69) is 13.8 Å². The molecule has 3 N–H and O–H groups in total. The van der Waals surface area contributed by atoms with Crippen LogP contribution < -0.4 is 5.73 Å². The minimum atomic E-state index is -0.470. The molecule has 0 aromatic rings. The van der Waals surface area contributed by atoms with Crippen LogP contribution in [0, 0.1) is 11.8 Å². The fourth-order valence-corrected chi connectivity index (χ4v) is 2.37. The molecule has 0 aromatic carbocycles. The van der Waals surface area contributed by atoms with Crippen LogP contribution in [0.25, 0.3) is 0 Å². The van der Waals surface area contributed by atoms with Gasteiger partial charge >= 0.3 is 0 Å². The van der Waals surface area contributed by atoms with Gasteiger partial charge in [-0.3, -0.25) is 0 Å². The second kappa shape index (κ2) is 4.43. The molecule has 0 bridgehead atoms. The van der Waals surface area contributed by atoms with Crippen LogP contribution in [0.1, 0.15) is 46.0 Å². The van der Waals surface area contributed by atoms with Crippen molar-refractivity contribution in [2.75, 3.05) is 6.54 Å². The molecular weight excluding hydrogens is 162 g/mol. The van der Waals surface area contributed by atoms with Crippen LogP contribution in [0.2, 0.25) is 0 Å². The molecule has 0 heterocycles. The van der Waals surface area contributed by atoms with Crippen molar-refractivity contribution in [2.45, 2.75) is 51.6 Å². The van der Waals surface area contributed by atoms with Crippen molar-refractivity contribution in [1.82, 2.24) is 0 Å². The second-order valence-corrected chi connectivity index (χ2v) is 4.51. The Morgan fingerprint density at radius 2 is 2.15 bits per heavy atom. The molecule has 0 aromatic heterocycles. The lowest BCUT2D eigenvalue weighted by molar-refractivity contribution is -0.0946. The predicted molar refractivity (Wildman–Crippen MR) is 55.4 cm³/mol. The van der Waals surface area contributed by atoms with E-state index in [-0.39, 0.29) is 5.92 Å². The zero-order valence-electron chi connectivity index (χ0n) is 8.92. The van der Waals surface area contributed by atoms with Gasteiger partial charge in [-0.1, -0.05) is 26.7 Å².